The van der Waals surface area contributed by atoms with Crippen LogP contribution in [0.15, 0.2) is 23.1 Å². The molecule has 0 aliphatic carbocycles. The number of imide groups is 1. The average molecular weight is 437 g/mol. The van der Waals surface area contributed by atoms with Gasteiger partial charge in [0.2, 0.25) is 0 Å². The van der Waals surface area contributed by atoms with E-state index in [4.69, 9.17) is 14.2 Å². The van der Waals surface area contributed by atoms with Crippen molar-refractivity contribution in [1.82, 2.24) is 4.90 Å². The van der Waals surface area contributed by atoms with Gasteiger partial charge in [-0.25, -0.2) is 9.59 Å². The Morgan fingerprint density at radius 3 is 2.50 bits per heavy atom. The van der Waals surface area contributed by atoms with Crippen molar-refractivity contribution in [1.29, 1.82) is 0 Å². The number of esters is 2. The van der Waals surface area contributed by atoms with Gasteiger partial charge in [0.05, 0.1) is 25.2 Å². The molecule has 2 rings (SSSR count). The second-order valence-electron chi connectivity index (χ2n) is 5.98. The van der Waals surface area contributed by atoms with Crippen molar-refractivity contribution < 1.29 is 38.1 Å². The smallest absolute Gasteiger partial charge is 0.343 e. The van der Waals surface area contributed by atoms with Gasteiger partial charge >= 0.3 is 11.9 Å². The van der Waals surface area contributed by atoms with E-state index in [2.05, 4.69) is 4.74 Å². The molecule has 0 bridgehead atoms. The van der Waals surface area contributed by atoms with Crippen LogP contribution in [0.5, 0.6) is 11.5 Å². The number of carbonyl (C=O) groups excluding carboxylic acids is 4. The first-order chi connectivity index (χ1) is 14.3. The molecular formula is C20H23NO8S. The molecule has 9 nitrogen and oxygen atoms in total. The lowest BCUT2D eigenvalue weighted by Gasteiger charge is -2.19. The van der Waals surface area contributed by atoms with Gasteiger partial charge in [-0.2, -0.15) is 0 Å². The zero-order valence-electron chi connectivity index (χ0n) is 17.1. The Hall–Kier alpha value is -3.01. The van der Waals surface area contributed by atoms with Crippen molar-refractivity contribution in [2.75, 3.05) is 26.9 Å². The maximum absolute atomic E-state index is 12.7. The fourth-order valence-corrected chi connectivity index (χ4v) is 3.44. The van der Waals surface area contributed by atoms with E-state index in [0.29, 0.717) is 23.7 Å². The van der Waals surface area contributed by atoms with Crippen molar-refractivity contribution in [3.8, 4) is 11.5 Å². The van der Waals surface area contributed by atoms with Crippen LogP contribution in [0.25, 0.3) is 6.08 Å². The number of ether oxygens (including phenoxy) is 4. The van der Waals surface area contributed by atoms with Crippen molar-refractivity contribution in [2.24, 2.45) is 0 Å². The van der Waals surface area contributed by atoms with Gasteiger partial charge in [0.25, 0.3) is 11.1 Å². The van der Waals surface area contributed by atoms with E-state index in [9.17, 15) is 19.2 Å². The molecule has 0 unspecified atom stereocenters. The van der Waals surface area contributed by atoms with Crippen LogP contribution in [-0.4, -0.2) is 61.0 Å². The highest BCUT2D eigenvalue weighted by Gasteiger charge is 2.41. The minimum absolute atomic E-state index is 0.153. The van der Waals surface area contributed by atoms with E-state index in [1.807, 2.05) is 0 Å². The van der Waals surface area contributed by atoms with E-state index in [-0.39, 0.29) is 18.1 Å². The second kappa shape index (κ2) is 10.7. The number of rotatable bonds is 9. The number of amides is 2. The summed E-state index contributed by atoms with van der Waals surface area (Å²) in [7, 11) is 1.26. The number of hydrogen-bond donors (Lipinski definition) is 0. The summed E-state index contributed by atoms with van der Waals surface area (Å²) < 4.78 is 20.4. The Balaban J connectivity index is 2.24. The zero-order valence-corrected chi connectivity index (χ0v) is 17.9. The van der Waals surface area contributed by atoms with Crippen molar-refractivity contribution in [3.63, 3.8) is 0 Å². The van der Waals surface area contributed by atoms with Crippen LogP contribution in [0, 0.1) is 0 Å². The molecule has 0 aromatic heterocycles. The molecule has 0 spiro atoms. The third kappa shape index (κ3) is 5.53. The van der Waals surface area contributed by atoms with Crippen LogP contribution in [0.1, 0.15) is 26.3 Å². The fraction of sp³-hybridized carbons (Fsp3) is 0.400. The molecule has 1 atom stereocenters. The molecule has 1 aliphatic rings. The number of carbonyl (C=O) groups is 4. The number of nitrogens with zero attached hydrogens (tertiary/aromatic N) is 1. The summed E-state index contributed by atoms with van der Waals surface area (Å²) in [4.78, 5) is 49.2. The third-order valence-electron chi connectivity index (χ3n) is 3.98. The van der Waals surface area contributed by atoms with Crippen LogP contribution >= 0.6 is 11.8 Å². The van der Waals surface area contributed by atoms with Crippen LogP contribution in [0.2, 0.25) is 0 Å². The molecule has 1 aromatic carbocycles. The molecule has 1 saturated heterocycles. The molecule has 10 heteroatoms. The molecule has 0 saturated carbocycles. The highest BCUT2D eigenvalue weighted by Crippen LogP contribution is 2.35. The van der Waals surface area contributed by atoms with Gasteiger partial charge in [-0.05, 0) is 56.3 Å². The van der Waals surface area contributed by atoms with E-state index in [0.717, 1.165) is 16.7 Å². The van der Waals surface area contributed by atoms with E-state index < -0.39 is 29.1 Å². The van der Waals surface area contributed by atoms with Crippen LogP contribution < -0.4 is 9.47 Å². The van der Waals surface area contributed by atoms with Crippen molar-refractivity contribution in [2.45, 2.75) is 26.8 Å². The third-order valence-corrected chi connectivity index (χ3v) is 4.86. The second-order valence-corrected chi connectivity index (χ2v) is 6.98. The van der Waals surface area contributed by atoms with E-state index in [1.54, 1.807) is 32.0 Å². The van der Waals surface area contributed by atoms with Gasteiger partial charge in [-0.15, -0.1) is 0 Å². The topological polar surface area (TPSA) is 108 Å². The number of methoxy groups -OCH3 is 1. The Kier molecular flexibility index (Phi) is 8.28. The van der Waals surface area contributed by atoms with Gasteiger partial charge in [0.15, 0.2) is 18.1 Å². The summed E-state index contributed by atoms with van der Waals surface area (Å²) in [6.07, 6.45) is 1.52. The van der Waals surface area contributed by atoms with E-state index >= 15 is 0 Å². The first-order valence-corrected chi connectivity index (χ1v) is 10.0. The minimum atomic E-state index is -1.02. The first kappa shape index (κ1) is 23.3. The van der Waals surface area contributed by atoms with Gasteiger partial charge < -0.3 is 18.9 Å². The summed E-state index contributed by atoms with van der Waals surface area (Å²) in [5.74, 6) is -1.05. The van der Waals surface area contributed by atoms with Crippen molar-refractivity contribution in [3.05, 3.63) is 28.7 Å². The maximum Gasteiger partial charge on any atom is 0.343 e. The molecule has 1 aliphatic heterocycles. The number of hydrogen-bond acceptors (Lipinski definition) is 9. The SMILES string of the molecule is CCOC(=O)[C@@H](C)N1C(=O)S/C(=C/c2ccc(OCC(=O)OC)c(OCC)c2)C1=O. The van der Waals surface area contributed by atoms with Gasteiger partial charge in [0.1, 0.15) is 6.04 Å². The lowest BCUT2D eigenvalue weighted by atomic mass is 10.1. The summed E-state index contributed by atoms with van der Waals surface area (Å²) >= 11 is 0.739. The van der Waals surface area contributed by atoms with Crippen molar-refractivity contribution >= 4 is 40.9 Å². The predicted molar refractivity (Wildman–Crippen MR) is 109 cm³/mol. The summed E-state index contributed by atoms with van der Waals surface area (Å²) in [6.45, 7) is 5.11. The molecule has 0 radical (unpaired) electrons. The molecule has 2 amide bonds. The lowest BCUT2D eigenvalue weighted by Crippen LogP contribution is -2.42. The normalized spacial score (nSPS) is 15.9. The quantitative estimate of drug-likeness (QED) is 0.425. The Bertz CT molecular complexity index is 866. The van der Waals surface area contributed by atoms with Gasteiger partial charge in [-0.3, -0.25) is 14.5 Å². The van der Waals surface area contributed by atoms with Gasteiger partial charge in [-0.1, -0.05) is 6.07 Å². The standard InChI is InChI=1S/C20H23NO8S/c1-5-27-15-9-13(7-8-14(15)29-11-17(22)26-4)10-16-18(23)21(20(25)30-16)12(3)19(24)28-6-2/h7-10,12H,5-6,11H2,1-4H3/b16-10+/t12-/m1/s1. The molecule has 1 aromatic rings. The zero-order chi connectivity index (χ0) is 22.3. The predicted octanol–water partition coefficient (Wildman–Crippen LogP) is 2.63. The molecule has 1 heterocycles. The number of thioether (sulfide) groups is 1. The average Bonchev–Trinajstić information content (AvgIpc) is 2.99. The number of benzene rings is 1. The van der Waals surface area contributed by atoms with E-state index in [1.165, 1.54) is 20.1 Å². The monoisotopic (exact) mass is 437 g/mol. The minimum Gasteiger partial charge on any atom is -0.490 e. The Labute approximate surface area is 178 Å². The van der Waals surface area contributed by atoms with Gasteiger partial charge in [0, 0.05) is 0 Å². The molecule has 0 N–H and O–H groups in total. The van der Waals surface area contributed by atoms with Crippen LogP contribution in [-0.2, 0) is 23.9 Å². The molecular weight excluding hydrogens is 414 g/mol. The first-order valence-electron chi connectivity index (χ1n) is 9.22. The molecule has 162 valence electrons. The Morgan fingerprint density at radius 2 is 1.87 bits per heavy atom. The summed E-state index contributed by atoms with van der Waals surface area (Å²) in [5.41, 5.74) is 0.582. The summed E-state index contributed by atoms with van der Waals surface area (Å²) in [5, 5.41) is -0.546. The Morgan fingerprint density at radius 1 is 1.13 bits per heavy atom. The van der Waals surface area contributed by atoms with Crippen LogP contribution in [0.4, 0.5) is 4.79 Å². The maximum atomic E-state index is 12.7. The largest absolute Gasteiger partial charge is 0.490 e. The molecule has 30 heavy (non-hydrogen) atoms. The summed E-state index contributed by atoms with van der Waals surface area (Å²) in [6, 6.07) is 3.85. The highest BCUT2D eigenvalue weighted by molar-refractivity contribution is 8.18. The fourth-order valence-electron chi connectivity index (χ4n) is 2.53. The lowest BCUT2D eigenvalue weighted by molar-refractivity contribution is -0.150. The molecule has 1 fully saturated rings. The highest BCUT2D eigenvalue weighted by atomic mass is 32.2. The van der Waals surface area contributed by atoms with Crippen LogP contribution in [0.3, 0.4) is 0 Å².